The maximum Gasteiger partial charge on any atom is 0.104 e. The number of fused-ring (bicyclic) bond motifs is 14. The molecule has 6 heteroatoms. The van der Waals surface area contributed by atoms with Gasteiger partial charge < -0.3 is 9.13 Å². The minimum Gasteiger partial charge on any atom is -0.306 e. The Morgan fingerprint density at radius 3 is 1.40 bits per heavy atom. The van der Waals surface area contributed by atoms with Gasteiger partial charge in [0.1, 0.15) is 11.6 Å². The summed E-state index contributed by atoms with van der Waals surface area (Å²) >= 11 is 3.60. The van der Waals surface area contributed by atoms with Crippen LogP contribution in [0.5, 0.6) is 0 Å². The number of hydrogen-bond acceptors (Lipinski definition) is 4. The lowest BCUT2D eigenvalue weighted by Crippen LogP contribution is -2.05. The highest BCUT2D eigenvalue weighted by Gasteiger charge is 2.25. The van der Waals surface area contributed by atoms with Crippen molar-refractivity contribution < 1.29 is 0 Å². The van der Waals surface area contributed by atoms with Crippen molar-refractivity contribution >= 4 is 107 Å². The third-order valence-electron chi connectivity index (χ3n) is 11.6. The molecule has 4 aromatic heterocycles. The number of hydrogen-bond donors (Lipinski definition) is 0. The average molecular weight is 761 g/mol. The van der Waals surface area contributed by atoms with Gasteiger partial charge in [-0.05, 0) is 72.1 Å². The van der Waals surface area contributed by atoms with Gasteiger partial charge in [-0.15, -0.1) is 22.7 Å². The second-order valence-corrected chi connectivity index (χ2v) is 16.9. The zero-order valence-electron chi connectivity index (χ0n) is 30.5. The first kappa shape index (κ1) is 32.1. The van der Waals surface area contributed by atoms with Crippen LogP contribution >= 0.6 is 22.7 Å². The summed E-state index contributed by atoms with van der Waals surface area (Å²) in [5, 5.41) is 31.2. The summed E-state index contributed by atoms with van der Waals surface area (Å²) in [6.45, 7) is 2.03. The lowest BCUT2D eigenvalue weighted by atomic mass is 9.97. The van der Waals surface area contributed by atoms with E-state index >= 15 is 0 Å². The molecule has 0 N–H and O–H groups in total. The van der Waals surface area contributed by atoms with Crippen molar-refractivity contribution in [3.05, 3.63) is 168 Å². The lowest BCUT2D eigenvalue weighted by Gasteiger charge is -2.19. The van der Waals surface area contributed by atoms with Crippen LogP contribution in [0.15, 0.2) is 152 Å². The van der Waals surface area contributed by atoms with Crippen LogP contribution in [0.2, 0.25) is 0 Å². The summed E-state index contributed by atoms with van der Waals surface area (Å²) in [6, 6.07) is 58.8. The molecule has 0 bridgehead atoms. The number of aromatic nitrogens is 2. The zero-order chi connectivity index (χ0) is 37.9. The zero-order valence-corrected chi connectivity index (χ0v) is 32.2. The van der Waals surface area contributed by atoms with Crippen LogP contribution in [-0.4, -0.2) is 9.13 Å². The summed E-state index contributed by atoms with van der Waals surface area (Å²) in [5.41, 5.74) is 9.90. The van der Waals surface area contributed by atoms with Crippen LogP contribution in [0, 0.1) is 29.6 Å². The Kier molecular flexibility index (Phi) is 6.69. The van der Waals surface area contributed by atoms with Crippen molar-refractivity contribution in [3.8, 4) is 34.6 Å². The number of nitrogens with zero attached hydrogens (tertiary/aromatic N) is 4. The first-order valence-corrected chi connectivity index (χ1v) is 20.5. The molecule has 0 spiro atoms. The van der Waals surface area contributed by atoms with E-state index in [9.17, 15) is 10.5 Å². The van der Waals surface area contributed by atoms with Gasteiger partial charge >= 0.3 is 0 Å². The first-order valence-electron chi connectivity index (χ1n) is 18.9. The number of rotatable bonds is 3. The monoisotopic (exact) mass is 760 g/mol. The van der Waals surface area contributed by atoms with E-state index in [-0.39, 0.29) is 0 Å². The van der Waals surface area contributed by atoms with Crippen LogP contribution in [0.3, 0.4) is 0 Å². The van der Waals surface area contributed by atoms with E-state index in [1.807, 2.05) is 19.1 Å². The van der Waals surface area contributed by atoms with Crippen molar-refractivity contribution in [1.29, 1.82) is 10.5 Å². The van der Waals surface area contributed by atoms with Crippen LogP contribution in [0.1, 0.15) is 16.7 Å². The first-order chi connectivity index (χ1) is 28.1. The molecule has 0 unspecified atom stereocenters. The number of benzene rings is 8. The van der Waals surface area contributed by atoms with Gasteiger partial charge in [-0.25, -0.2) is 0 Å². The highest BCUT2D eigenvalue weighted by Crippen LogP contribution is 2.47. The summed E-state index contributed by atoms with van der Waals surface area (Å²) in [6.07, 6.45) is 0. The molecule has 12 rings (SSSR count). The Bertz CT molecular complexity index is 3590. The number of aryl methyl sites for hydroxylation is 1. The fourth-order valence-corrected chi connectivity index (χ4v) is 11.7. The molecular formula is C51H28N4S2. The predicted molar refractivity (Wildman–Crippen MR) is 241 cm³/mol. The Hall–Kier alpha value is -7.22. The van der Waals surface area contributed by atoms with Gasteiger partial charge in [0, 0.05) is 52.5 Å². The second kappa shape index (κ2) is 11.9. The van der Waals surface area contributed by atoms with Crippen LogP contribution < -0.4 is 0 Å². The Morgan fingerprint density at radius 1 is 0.439 bits per heavy atom. The molecule has 0 saturated carbocycles. The van der Waals surface area contributed by atoms with E-state index in [0.717, 1.165) is 71.7 Å². The summed E-state index contributed by atoms with van der Waals surface area (Å²) in [4.78, 5) is 0. The molecule has 0 amide bonds. The Morgan fingerprint density at radius 2 is 0.895 bits per heavy atom. The molecule has 0 saturated heterocycles. The molecule has 0 aliphatic rings. The molecule has 4 heterocycles. The molecule has 0 aliphatic carbocycles. The number of para-hydroxylation sites is 2. The maximum atomic E-state index is 11.6. The second-order valence-electron chi connectivity index (χ2n) is 14.8. The summed E-state index contributed by atoms with van der Waals surface area (Å²) in [5.74, 6) is 0. The van der Waals surface area contributed by atoms with Crippen molar-refractivity contribution in [1.82, 2.24) is 9.13 Å². The van der Waals surface area contributed by atoms with Gasteiger partial charge in [0.05, 0.1) is 54.5 Å². The highest BCUT2D eigenvalue weighted by molar-refractivity contribution is 7.27. The molecule has 57 heavy (non-hydrogen) atoms. The van der Waals surface area contributed by atoms with E-state index in [0.29, 0.717) is 11.1 Å². The molecule has 0 aliphatic heterocycles. The largest absolute Gasteiger partial charge is 0.306 e. The lowest BCUT2D eigenvalue weighted by molar-refractivity contribution is 1.12. The Labute approximate surface area is 334 Å². The van der Waals surface area contributed by atoms with Crippen molar-refractivity contribution in [2.24, 2.45) is 0 Å². The van der Waals surface area contributed by atoms with Gasteiger partial charge in [0.15, 0.2) is 0 Å². The van der Waals surface area contributed by atoms with Crippen LogP contribution in [0.4, 0.5) is 0 Å². The van der Waals surface area contributed by atoms with E-state index < -0.39 is 0 Å². The molecular weight excluding hydrogens is 733 g/mol. The smallest absolute Gasteiger partial charge is 0.104 e. The minimum atomic E-state index is 0.577. The summed E-state index contributed by atoms with van der Waals surface area (Å²) < 4.78 is 9.50. The quantitative estimate of drug-likeness (QED) is 0.180. The summed E-state index contributed by atoms with van der Waals surface area (Å²) in [7, 11) is 0. The third kappa shape index (κ3) is 4.46. The van der Waals surface area contributed by atoms with Gasteiger partial charge in [-0.1, -0.05) is 103 Å². The molecule has 0 fully saturated rings. The highest BCUT2D eigenvalue weighted by atomic mass is 32.1. The van der Waals surface area contributed by atoms with E-state index in [1.165, 1.54) is 40.3 Å². The van der Waals surface area contributed by atoms with E-state index in [2.05, 4.69) is 161 Å². The van der Waals surface area contributed by atoms with Gasteiger partial charge in [-0.3, -0.25) is 0 Å². The molecule has 0 radical (unpaired) electrons. The molecule has 4 nitrogen and oxygen atoms in total. The predicted octanol–water partition coefficient (Wildman–Crippen LogP) is 14.3. The van der Waals surface area contributed by atoms with Crippen LogP contribution in [-0.2, 0) is 0 Å². The molecule has 0 atom stereocenters. The fourth-order valence-electron chi connectivity index (χ4n) is 9.22. The molecule has 8 aromatic carbocycles. The maximum absolute atomic E-state index is 11.6. The van der Waals surface area contributed by atoms with E-state index in [4.69, 9.17) is 0 Å². The van der Waals surface area contributed by atoms with Gasteiger partial charge in [0.25, 0.3) is 0 Å². The third-order valence-corrected chi connectivity index (χ3v) is 14.0. The standard InChI is InChI=1S/C51H28N4S2/c1-29-22-30(27-52)24-31(23-29)32-25-44(54-42-14-6-2-10-33(42)37-18-20-39-35-12-4-8-16-46(35)56-50(39)48(37)54)41(28-53)45(26-32)55-43-15-7-3-11-34(43)38-19-21-40-36-13-5-9-17-47(36)57-51(40)49(38)55/h2-26H,1H3. The van der Waals surface area contributed by atoms with Crippen molar-refractivity contribution in [3.63, 3.8) is 0 Å². The Balaban J connectivity index is 1.30. The number of thiophene rings is 2. The fraction of sp³-hybridized carbons (Fsp3) is 0.0196. The van der Waals surface area contributed by atoms with Gasteiger partial charge in [-0.2, -0.15) is 10.5 Å². The van der Waals surface area contributed by atoms with Crippen molar-refractivity contribution in [2.45, 2.75) is 6.92 Å². The SMILES string of the molecule is Cc1cc(C#N)cc(-c2cc(-n3c4ccccc4c4ccc5c6ccccc6sc5c43)c(C#N)c(-n3c4ccccc4c4ccc5c6ccccc6sc5c43)c2)c1. The average Bonchev–Trinajstić information content (AvgIpc) is 4.00. The van der Waals surface area contributed by atoms with Crippen molar-refractivity contribution in [2.75, 3.05) is 0 Å². The minimum absolute atomic E-state index is 0.577. The topological polar surface area (TPSA) is 57.4 Å². The van der Waals surface area contributed by atoms with Gasteiger partial charge in [0.2, 0.25) is 0 Å². The normalized spacial score (nSPS) is 11.9. The van der Waals surface area contributed by atoms with Crippen LogP contribution in [0.25, 0.3) is 106 Å². The van der Waals surface area contributed by atoms with E-state index in [1.54, 1.807) is 22.7 Å². The number of nitriles is 2. The molecule has 12 aromatic rings. The molecule has 264 valence electrons.